The van der Waals surface area contributed by atoms with Crippen molar-refractivity contribution >= 4 is 23.9 Å². The molecule has 0 aliphatic heterocycles. The van der Waals surface area contributed by atoms with Crippen LogP contribution in [0.4, 0.5) is 0 Å². The highest BCUT2D eigenvalue weighted by atomic mass is 16.5. The van der Waals surface area contributed by atoms with Crippen molar-refractivity contribution in [2.75, 3.05) is 14.2 Å². The number of hydrogen-bond donors (Lipinski definition) is 2. The molecule has 0 saturated heterocycles. The maximum atomic E-state index is 11.0. The topological polar surface area (TPSA) is 127 Å². The molecule has 8 nitrogen and oxygen atoms in total. The van der Waals surface area contributed by atoms with Crippen molar-refractivity contribution in [1.82, 2.24) is 0 Å². The maximum Gasteiger partial charge on any atom is 0.309 e. The van der Waals surface area contributed by atoms with Gasteiger partial charge in [-0.25, -0.2) is 0 Å². The van der Waals surface area contributed by atoms with Gasteiger partial charge in [0.1, 0.15) is 0 Å². The summed E-state index contributed by atoms with van der Waals surface area (Å²) in [4.78, 5) is 40.4. The number of ether oxygens (including phenoxy) is 2. The molecule has 0 aromatic rings. The summed E-state index contributed by atoms with van der Waals surface area (Å²) in [6.07, 6.45) is 0.682. The normalized spacial score (nSPS) is 10.1. The zero-order valence-electron chi connectivity index (χ0n) is 13.9. The highest BCUT2D eigenvalue weighted by molar-refractivity contribution is 5.79. The van der Waals surface area contributed by atoms with Crippen LogP contribution in [0.15, 0.2) is 0 Å². The van der Waals surface area contributed by atoms with Crippen LogP contribution in [0.2, 0.25) is 0 Å². The average Bonchev–Trinajstić information content (AvgIpc) is 2.43. The van der Waals surface area contributed by atoms with Crippen molar-refractivity contribution in [2.45, 2.75) is 40.5 Å². The molecule has 22 heavy (non-hydrogen) atoms. The van der Waals surface area contributed by atoms with Crippen molar-refractivity contribution in [3.8, 4) is 0 Å². The summed E-state index contributed by atoms with van der Waals surface area (Å²) in [5, 5.41) is 15.4. The minimum absolute atomic E-state index is 0.0969. The highest BCUT2D eigenvalue weighted by Gasteiger charge is 2.20. The lowest BCUT2D eigenvalue weighted by Crippen LogP contribution is -2.19. The van der Waals surface area contributed by atoms with Gasteiger partial charge in [-0.15, -0.1) is 0 Å². The zero-order valence-corrected chi connectivity index (χ0v) is 13.9. The van der Waals surface area contributed by atoms with Gasteiger partial charge in [-0.3, -0.25) is 19.2 Å². The van der Waals surface area contributed by atoms with Gasteiger partial charge in [0, 0.05) is 6.92 Å². The Morgan fingerprint density at radius 1 is 1.00 bits per heavy atom. The first kappa shape index (κ1) is 24.9. The van der Waals surface area contributed by atoms with E-state index in [1.807, 2.05) is 6.92 Å². The van der Waals surface area contributed by atoms with Crippen molar-refractivity contribution in [3.05, 3.63) is 0 Å². The molecular formula is C14H26O8. The van der Waals surface area contributed by atoms with Gasteiger partial charge >= 0.3 is 17.9 Å². The van der Waals surface area contributed by atoms with Crippen molar-refractivity contribution in [1.29, 1.82) is 0 Å². The van der Waals surface area contributed by atoms with Gasteiger partial charge in [0.2, 0.25) is 0 Å². The number of carbonyl (C=O) groups is 4. The van der Waals surface area contributed by atoms with Crippen LogP contribution >= 0.6 is 0 Å². The van der Waals surface area contributed by atoms with Gasteiger partial charge in [0.25, 0.3) is 5.97 Å². The van der Waals surface area contributed by atoms with Crippen LogP contribution in [0.5, 0.6) is 0 Å². The fraction of sp³-hybridized carbons (Fsp3) is 0.714. The van der Waals surface area contributed by atoms with E-state index in [-0.39, 0.29) is 30.2 Å². The van der Waals surface area contributed by atoms with E-state index in [2.05, 4.69) is 9.47 Å². The lowest BCUT2D eigenvalue weighted by molar-refractivity contribution is -0.152. The molecule has 0 fully saturated rings. The SMILES string of the molecule is CC(=O)O.CC(C)C(=O)O.CCC(CC(=O)OC)C(=O)OC. The van der Waals surface area contributed by atoms with Crippen LogP contribution in [-0.4, -0.2) is 48.3 Å². The molecule has 0 heterocycles. The molecule has 8 heteroatoms. The molecule has 0 spiro atoms. The number of rotatable bonds is 5. The van der Waals surface area contributed by atoms with Crippen LogP contribution in [0.3, 0.4) is 0 Å². The van der Waals surface area contributed by atoms with Crippen LogP contribution in [0, 0.1) is 11.8 Å². The van der Waals surface area contributed by atoms with Crippen LogP contribution in [0.25, 0.3) is 0 Å². The standard InChI is InChI=1S/C8H14O4.C4H8O2.C2H4O2/c1-4-6(8(10)12-3)5-7(9)11-2;1-3(2)4(5)6;1-2(3)4/h6H,4-5H2,1-3H3;3H,1-2H3,(H,5,6);1H3,(H,3,4). The van der Waals surface area contributed by atoms with Gasteiger partial charge in [0.05, 0.1) is 32.5 Å². The zero-order chi connectivity index (χ0) is 18.3. The molecule has 0 aliphatic rings. The number of aliphatic carboxylic acids is 2. The largest absolute Gasteiger partial charge is 0.481 e. The fourth-order valence-corrected chi connectivity index (χ4v) is 0.846. The highest BCUT2D eigenvalue weighted by Crippen LogP contribution is 2.10. The third-order valence-corrected chi connectivity index (χ3v) is 2.16. The number of methoxy groups -OCH3 is 2. The summed E-state index contributed by atoms with van der Waals surface area (Å²) < 4.78 is 8.93. The first-order valence-electron chi connectivity index (χ1n) is 6.60. The fourth-order valence-electron chi connectivity index (χ4n) is 0.846. The Hall–Kier alpha value is -2.12. The number of esters is 2. The molecular weight excluding hydrogens is 296 g/mol. The molecule has 130 valence electrons. The summed E-state index contributed by atoms with van der Waals surface area (Å²) in [5.74, 6) is -2.92. The van der Waals surface area contributed by atoms with Gasteiger partial charge in [-0.1, -0.05) is 20.8 Å². The summed E-state index contributed by atoms with van der Waals surface area (Å²) in [5.41, 5.74) is 0. The molecule has 0 rings (SSSR count). The second-order valence-corrected chi connectivity index (χ2v) is 4.42. The Labute approximate surface area is 130 Å². The van der Waals surface area contributed by atoms with E-state index in [4.69, 9.17) is 15.0 Å². The molecule has 1 atom stereocenters. The Balaban J connectivity index is -0.000000300. The van der Waals surface area contributed by atoms with Crippen molar-refractivity contribution in [3.63, 3.8) is 0 Å². The first-order chi connectivity index (χ1) is 10.0. The van der Waals surface area contributed by atoms with Gasteiger partial charge in [0.15, 0.2) is 0 Å². The number of carboxylic acids is 2. The minimum Gasteiger partial charge on any atom is -0.481 e. The third-order valence-electron chi connectivity index (χ3n) is 2.16. The lowest BCUT2D eigenvalue weighted by atomic mass is 10.0. The third kappa shape index (κ3) is 20.2. The second kappa shape index (κ2) is 15.3. The Kier molecular flexibility index (Phi) is 17.3. The number of hydrogen-bond acceptors (Lipinski definition) is 6. The molecule has 0 aromatic carbocycles. The Morgan fingerprint density at radius 3 is 1.55 bits per heavy atom. The van der Waals surface area contributed by atoms with Crippen molar-refractivity contribution in [2.24, 2.45) is 11.8 Å². The minimum atomic E-state index is -0.833. The van der Waals surface area contributed by atoms with E-state index in [9.17, 15) is 14.4 Å². The van der Waals surface area contributed by atoms with Gasteiger partial charge < -0.3 is 19.7 Å². The van der Waals surface area contributed by atoms with E-state index < -0.39 is 11.9 Å². The van der Waals surface area contributed by atoms with Gasteiger partial charge in [-0.05, 0) is 6.42 Å². The summed E-state index contributed by atoms with van der Waals surface area (Å²) in [6, 6.07) is 0. The van der Waals surface area contributed by atoms with Crippen molar-refractivity contribution < 1.29 is 38.9 Å². The number of carbonyl (C=O) groups excluding carboxylic acids is 2. The predicted octanol–water partition coefficient (Wildman–Crippen LogP) is 1.57. The Bertz CT molecular complexity index is 345. The van der Waals surface area contributed by atoms with E-state index in [1.54, 1.807) is 13.8 Å². The molecule has 0 saturated carbocycles. The molecule has 0 bridgehead atoms. The monoisotopic (exact) mass is 322 g/mol. The van der Waals surface area contributed by atoms with E-state index in [1.165, 1.54) is 14.2 Å². The van der Waals surface area contributed by atoms with E-state index in [0.717, 1.165) is 6.92 Å². The second-order valence-electron chi connectivity index (χ2n) is 4.42. The van der Waals surface area contributed by atoms with Crippen LogP contribution < -0.4 is 0 Å². The predicted molar refractivity (Wildman–Crippen MR) is 78.2 cm³/mol. The molecule has 0 aromatic heterocycles. The average molecular weight is 322 g/mol. The molecule has 0 radical (unpaired) electrons. The molecule has 1 unspecified atom stereocenters. The van der Waals surface area contributed by atoms with E-state index >= 15 is 0 Å². The molecule has 0 aliphatic carbocycles. The van der Waals surface area contributed by atoms with Crippen LogP contribution in [-0.2, 0) is 28.7 Å². The number of carboxylic acid groups (broad SMARTS) is 2. The van der Waals surface area contributed by atoms with Gasteiger partial charge in [-0.2, -0.15) is 0 Å². The molecule has 2 N–H and O–H groups in total. The van der Waals surface area contributed by atoms with E-state index in [0.29, 0.717) is 6.42 Å². The summed E-state index contributed by atoms with van der Waals surface area (Å²) >= 11 is 0. The smallest absolute Gasteiger partial charge is 0.309 e. The quantitative estimate of drug-likeness (QED) is 0.730. The maximum absolute atomic E-state index is 11.0. The lowest BCUT2D eigenvalue weighted by Gasteiger charge is -2.09. The van der Waals surface area contributed by atoms with Crippen LogP contribution in [0.1, 0.15) is 40.5 Å². The first-order valence-corrected chi connectivity index (χ1v) is 6.60. The summed E-state index contributed by atoms with van der Waals surface area (Å²) in [7, 11) is 2.61. The molecule has 0 amide bonds. The Morgan fingerprint density at radius 2 is 1.36 bits per heavy atom. The summed E-state index contributed by atoms with van der Waals surface area (Å²) in [6.45, 7) is 6.19.